The maximum absolute atomic E-state index is 10.7. The number of halogens is 2. The molecule has 1 aliphatic carbocycles. The van der Waals surface area contributed by atoms with E-state index in [1.165, 1.54) is 6.08 Å². The van der Waals surface area contributed by atoms with Gasteiger partial charge in [-0.25, -0.2) is 0 Å². The molecule has 2 unspecified atom stereocenters. The number of alkyl halides is 1. The topological polar surface area (TPSA) is 74.6 Å². The van der Waals surface area contributed by atoms with Gasteiger partial charge in [0, 0.05) is 5.03 Å². The van der Waals surface area contributed by atoms with Crippen molar-refractivity contribution in [2.24, 2.45) is 0 Å². The van der Waals surface area contributed by atoms with Crippen LogP contribution in [0.1, 0.15) is 0 Å². The van der Waals surface area contributed by atoms with Crippen molar-refractivity contribution in [1.82, 2.24) is 0 Å². The molecule has 74 valence electrons. The van der Waals surface area contributed by atoms with Gasteiger partial charge in [-0.1, -0.05) is 23.2 Å². The fourth-order valence-electron chi connectivity index (χ4n) is 0.903. The molecule has 0 amide bonds. The predicted octanol–water partition coefficient (Wildman–Crippen LogP) is 0.863. The maximum atomic E-state index is 10.7. The van der Waals surface area contributed by atoms with Gasteiger partial charge in [-0.15, -0.1) is 0 Å². The molecule has 0 aromatic heterocycles. The van der Waals surface area contributed by atoms with Crippen LogP contribution in [0.25, 0.3) is 0 Å². The lowest BCUT2D eigenvalue weighted by Gasteiger charge is -2.25. The Morgan fingerprint density at radius 2 is 2.08 bits per heavy atom. The first-order chi connectivity index (χ1) is 5.73. The van der Waals surface area contributed by atoms with Gasteiger partial charge in [-0.2, -0.15) is 8.42 Å². The fourth-order valence-corrected chi connectivity index (χ4v) is 2.45. The first-order valence-electron chi connectivity index (χ1n) is 3.17. The molecule has 2 atom stereocenters. The Morgan fingerprint density at radius 3 is 2.46 bits per heavy atom. The number of hydrogen-bond donors (Lipinski definition) is 2. The smallest absolute Gasteiger partial charge is 0.275 e. The van der Waals surface area contributed by atoms with Gasteiger partial charge in [-0.05, 0) is 18.2 Å². The van der Waals surface area contributed by atoms with E-state index in [-0.39, 0.29) is 5.03 Å². The van der Waals surface area contributed by atoms with E-state index in [0.717, 1.165) is 12.2 Å². The van der Waals surface area contributed by atoms with Crippen LogP contribution in [0.5, 0.6) is 0 Å². The molecule has 1 aliphatic rings. The zero-order valence-corrected chi connectivity index (χ0v) is 8.51. The molecule has 0 fully saturated rings. The Balaban J connectivity index is 3.17. The van der Waals surface area contributed by atoms with Gasteiger partial charge in [0.25, 0.3) is 10.1 Å². The SMILES string of the molecule is O=S(=O)(O)C1C=C(Cl)C=CC1(O)Cl. The van der Waals surface area contributed by atoms with Crippen molar-refractivity contribution >= 4 is 33.3 Å². The van der Waals surface area contributed by atoms with E-state index in [4.69, 9.17) is 27.8 Å². The molecule has 0 saturated carbocycles. The molecule has 0 saturated heterocycles. The highest BCUT2D eigenvalue weighted by Gasteiger charge is 2.41. The minimum atomic E-state index is -4.46. The fraction of sp³-hybridized carbons (Fsp3) is 0.333. The van der Waals surface area contributed by atoms with Crippen molar-refractivity contribution < 1.29 is 18.1 Å². The highest BCUT2D eigenvalue weighted by Crippen LogP contribution is 2.30. The third kappa shape index (κ3) is 2.45. The van der Waals surface area contributed by atoms with Gasteiger partial charge in [0.15, 0.2) is 10.3 Å². The third-order valence-corrected chi connectivity index (χ3v) is 3.39. The van der Waals surface area contributed by atoms with Gasteiger partial charge >= 0.3 is 0 Å². The molecule has 13 heavy (non-hydrogen) atoms. The summed E-state index contributed by atoms with van der Waals surface area (Å²) in [5, 5.41) is 5.63. The van der Waals surface area contributed by atoms with Gasteiger partial charge in [-0.3, -0.25) is 4.55 Å². The van der Waals surface area contributed by atoms with E-state index in [9.17, 15) is 13.5 Å². The second kappa shape index (κ2) is 3.25. The van der Waals surface area contributed by atoms with Gasteiger partial charge in [0.1, 0.15) is 0 Å². The molecule has 0 aromatic rings. The Labute approximate surface area is 85.2 Å². The van der Waals surface area contributed by atoms with Crippen molar-refractivity contribution in [3.8, 4) is 0 Å². The molecule has 0 aromatic carbocycles. The number of rotatable bonds is 1. The molecule has 7 heteroatoms. The highest BCUT2D eigenvalue weighted by molar-refractivity contribution is 7.86. The minimum Gasteiger partial charge on any atom is -0.370 e. The molecular formula is C6H6Cl2O4S. The second-order valence-corrected chi connectivity index (χ2v) is 5.13. The summed E-state index contributed by atoms with van der Waals surface area (Å²) in [5.74, 6) is 0. The molecule has 2 N–H and O–H groups in total. The number of hydrogen-bond acceptors (Lipinski definition) is 3. The van der Waals surface area contributed by atoms with E-state index >= 15 is 0 Å². The van der Waals surface area contributed by atoms with Crippen LogP contribution < -0.4 is 0 Å². The van der Waals surface area contributed by atoms with Crippen LogP contribution in [0.15, 0.2) is 23.3 Å². The lowest BCUT2D eigenvalue weighted by atomic mass is 10.1. The van der Waals surface area contributed by atoms with E-state index in [1.807, 2.05) is 0 Å². The second-order valence-electron chi connectivity index (χ2n) is 2.55. The summed E-state index contributed by atoms with van der Waals surface area (Å²) in [6.45, 7) is 0. The monoisotopic (exact) mass is 244 g/mol. The summed E-state index contributed by atoms with van der Waals surface area (Å²) in [4.78, 5) is 0. The Kier molecular flexibility index (Phi) is 2.75. The summed E-state index contributed by atoms with van der Waals surface area (Å²) in [5.41, 5.74) is 0. The van der Waals surface area contributed by atoms with Crippen LogP contribution in [0.2, 0.25) is 0 Å². The standard InChI is InChI=1S/C6H6Cl2O4S/c7-4-1-2-6(8,9)5(3-4)13(10,11)12/h1-3,5,9H,(H,10,11,12). The summed E-state index contributed by atoms with van der Waals surface area (Å²) in [6.07, 6.45) is 3.20. The quantitative estimate of drug-likeness (QED) is 0.530. The van der Waals surface area contributed by atoms with E-state index in [1.54, 1.807) is 0 Å². The summed E-state index contributed by atoms with van der Waals surface area (Å²) in [6, 6.07) is 0. The van der Waals surface area contributed by atoms with Crippen molar-refractivity contribution in [2.45, 2.75) is 10.3 Å². The molecule has 1 rings (SSSR count). The first kappa shape index (κ1) is 11.0. The summed E-state index contributed by atoms with van der Waals surface area (Å²) >= 11 is 10.9. The van der Waals surface area contributed by atoms with Gasteiger partial charge < -0.3 is 5.11 Å². The largest absolute Gasteiger partial charge is 0.370 e. The molecule has 0 radical (unpaired) electrons. The lowest BCUT2D eigenvalue weighted by Crippen LogP contribution is -2.40. The van der Waals surface area contributed by atoms with Crippen molar-refractivity contribution in [2.75, 3.05) is 0 Å². The van der Waals surface area contributed by atoms with Crippen molar-refractivity contribution in [1.29, 1.82) is 0 Å². The maximum Gasteiger partial charge on any atom is 0.275 e. The summed E-state index contributed by atoms with van der Waals surface area (Å²) in [7, 11) is -4.46. The van der Waals surface area contributed by atoms with Crippen LogP contribution in [0.3, 0.4) is 0 Å². The van der Waals surface area contributed by atoms with Crippen molar-refractivity contribution in [3.63, 3.8) is 0 Å². The molecule has 0 spiro atoms. The normalized spacial score (nSPS) is 34.5. The van der Waals surface area contributed by atoms with Crippen LogP contribution >= 0.6 is 23.2 Å². The third-order valence-electron chi connectivity index (χ3n) is 1.51. The van der Waals surface area contributed by atoms with Gasteiger partial charge in [0.05, 0.1) is 0 Å². The van der Waals surface area contributed by atoms with E-state index in [2.05, 4.69) is 0 Å². The minimum absolute atomic E-state index is 0.0907. The molecular weight excluding hydrogens is 239 g/mol. The molecule has 4 nitrogen and oxygen atoms in total. The molecule has 0 heterocycles. The highest BCUT2D eigenvalue weighted by atomic mass is 35.5. The van der Waals surface area contributed by atoms with Crippen LogP contribution in [0, 0.1) is 0 Å². The lowest BCUT2D eigenvalue weighted by molar-refractivity contribution is 0.180. The zero-order chi connectivity index (χ0) is 10.3. The summed E-state index contributed by atoms with van der Waals surface area (Å²) < 4.78 is 30.1. The first-order valence-corrected chi connectivity index (χ1v) is 5.43. The zero-order valence-electron chi connectivity index (χ0n) is 6.18. The Morgan fingerprint density at radius 1 is 1.54 bits per heavy atom. The average Bonchev–Trinajstić information content (AvgIpc) is 1.92. The average molecular weight is 245 g/mol. The molecule has 0 bridgehead atoms. The Bertz CT molecular complexity index is 368. The number of allylic oxidation sites excluding steroid dienone is 2. The van der Waals surface area contributed by atoms with E-state index < -0.39 is 20.4 Å². The van der Waals surface area contributed by atoms with Crippen LogP contribution in [-0.2, 0) is 10.1 Å². The predicted molar refractivity (Wildman–Crippen MR) is 49.2 cm³/mol. The Hall–Kier alpha value is -0.0700. The molecule has 0 aliphatic heterocycles. The van der Waals surface area contributed by atoms with Crippen LogP contribution in [0.4, 0.5) is 0 Å². The van der Waals surface area contributed by atoms with E-state index in [0.29, 0.717) is 0 Å². The van der Waals surface area contributed by atoms with Crippen molar-refractivity contribution in [3.05, 3.63) is 23.3 Å². The van der Waals surface area contributed by atoms with Crippen LogP contribution in [-0.4, -0.2) is 28.4 Å². The number of aliphatic hydroxyl groups is 1. The van der Waals surface area contributed by atoms with Gasteiger partial charge in [0.2, 0.25) is 0 Å².